The lowest BCUT2D eigenvalue weighted by atomic mass is 10.2. The summed E-state index contributed by atoms with van der Waals surface area (Å²) in [6.45, 7) is -1.33. The molecule has 168 valence electrons. The summed E-state index contributed by atoms with van der Waals surface area (Å²) in [5, 5.41) is 10.2. The van der Waals surface area contributed by atoms with Gasteiger partial charge in [0.05, 0.1) is 21.3 Å². The number of fused-ring (bicyclic) bond motifs is 1. The van der Waals surface area contributed by atoms with Crippen LogP contribution >= 0.6 is 7.82 Å². The molecule has 2 aromatic rings. The standard InChI is InChI=1S/C17H17F2N2O9P/c1-26-12-4-2-3-9-7-27-31(25,30-13(9)12)28-8-17(19)5-11(22)15(29-17)21-6-10(18)14(23)20-16(21)24/h2-4,6,11,15,22H,5,7-8H2,1H3,(H,20,23,24)/t11-,15-,17+,31?/m1/s1/i15D. The van der Waals surface area contributed by atoms with Gasteiger partial charge in [-0.05, 0) is 6.07 Å². The lowest BCUT2D eigenvalue weighted by Gasteiger charge is -2.28. The first-order valence-corrected chi connectivity index (χ1v) is 10.3. The highest BCUT2D eigenvalue weighted by Gasteiger charge is 2.50. The maximum Gasteiger partial charge on any atom is 0.530 e. The number of ether oxygens (including phenoxy) is 2. The second-order valence-electron chi connectivity index (χ2n) is 6.68. The van der Waals surface area contributed by atoms with Gasteiger partial charge in [0.1, 0.15) is 12.7 Å². The van der Waals surface area contributed by atoms with Crippen LogP contribution < -0.4 is 20.5 Å². The number of aliphatic hydroxyl groups is 1. The number of para-hydroxylation sites is 1. The van der Waals surface area contributed by atoms with Crippen LogP contribution in [0, 0.1) is 5.82 Å². The third-order valence-corrected chi connectivity index (χ3v) is 5.80. The van der Waals surface area contributed by atoms with Crippen molar-refractivity contribution in [3.05, 3.63) is 56.6 Å². The van der Waals surface area contributed by atoms with Gasteiger partial charge in [-0.1, -0.05) is 12.1 Å². The number of hydrogen-bond acceptors (Lipinski definition) is 9. The van der Waals surface area contributed by atoms with Gasteiger partial charge >= 0.3 is 13.5 Å². The van der Waals surface area contributed by atoms with E-state index >= 15 is 4.39 Å². The van der Waals surface area contributed by atoms with Crippen LogP contribution in [0.2, 0.25) is 0 Å². The zero-order chi connectivity index (χ0) is 23.3. The van der Waals surface area contributed by atoms with Crippen LogP contribution in [0.15, 0.2) is 34.0 Å². The quantitative estimate of drug-likeness (QED) is 0.630. The minimum absolute atomic E-state index is 0.0787. The molecule has 0 radical (unpaired) electrons. The molecule has 3 heterocycles. The molecule has 1 saturated heterocycles. The van der Waals surface area contributed by atoms with Crippen LogP contribution in [0.1, 0.15) is 19.6 Å². The molecule has 2 aliphatic rings. The normalized spacial score (nSPS) is 32.8. The van der Waals surface area contributed by atoms with Gasteiger partial charge in [0, 0.05) is 12.0 Å². The number of H-pyrrole nitrogens is 1. The highest BCUT2D eigenvalue weighted by Crippen LogP contribution is 2.57. The molecule has 2 aliphatic heterocycles. The predicted octanol–water partition coefficient (Wildman–Crippen LogP) is 1.36. The first-order chi connectivity index (χ1) is 15.0. The minimum Gasteiger partial charge on any atom is -0.493 e. The van der Waals surface area contributed by atoms with E-state index in [1.54, 1.807) is 17.1 Å². The molecule has 0 amide bonds. The Morgan fingerprint density at radius 3 is 3.00 bits per heavy atom. The molecule has 0 spiro atoms. The lowest BCUT2D eigenvalue weighted by Crippen LogP contribution is -2.37. The van der Waals surface area contributed by atoms with Gasteiger partial charge in [0.25, 0.3) is 5.56 Å². The summed E-state index contributed by atoms with van der Waals surface area (Å²) < 4.78 is 75.4. The highest BCUT2D eigenvalue weighted by molar-refractivity contribution is 7.49. The second kappa shape index (κ2) is 7.84. The zero-order valence-corrected chi connectivity index (χ0v) is 16.8. The highest BCUT2D eigenvalue weighted by atomic mass is 31.2. The summed E-state index contributed by atoms with van der Waals surface area (Å²) >= 11 is 0. The summed E-state index contributed by atoms with van der Waals surface area (Å²) in [6.07, 6.45) is -5.44. The van der Waals surface area contributed by atoms with Crippen LogP contribution in [0.25, 0.3) is 0 Å². The third kappa shape index (κ3) is 4.14. The number of aromatic amines is 1. The van der Waals surface area contributed by atoms with E-state index < -0.39 is 56.1 Å². The average Bonchev–Trinajstić information content (AvgIpc) is 2.98. The number of methoxy groups -OCH3 is 1. The molecule has 1 unspecified atom stereocenters. The second-order valence-corrected chi connectivity index (χ2v) is 8.28. The number of nitrogens with one attached hydrogen (secondary N) is 1. The maximum atomic E-state index is 15.3. The molecular formula is C17H17F2N2O9P. The van der Waals surface area contributed by atoms with E-state index in [9.17, 15) is 23.7 Å². The average molecular weight is 463 g/mol. The number of rotatable bonds is 5. The van der Waals surface area contributed by atoms with Crippen molar-refractivity contribution in [3.8, 4) is 11.5 Å². The SMILES string of the molecule is [2H][C@@]1(n2cc(F)c(=O)[nH]c2=O)O[C@](F)(COP2(=O)OCc3cccc(OC)c3O2)C[C@H]1O. The Kier molecular flexibility index (Phi) is 5.15. The van der Waals surface area contributed by atoms with E-state index in [-0.39, 0.29) is 22.7 Å². The number of aliphatic hydroxyl groups excluding tert-OH is 1. The van der Waals surface area contributed by atoms with E-state index in [2.05, 4.69) is 0 Å². The van der Waals surface area contributed by atoms with Crippen LogP contribution in [-0.2, 0) is 25.0 Å². The lowest BCUT2D eigenvalue weighted by molar-refractivity contribution is -0.179. The van der Waals surface area contributed by atoms with Crippen molar-refractivity contribution in [3.63, 3.8) is 0 Å². The van der Waals surface area contributed by atoms with Gasteiger partial charge in [-0.15, -0.1) is 0 Å². The first-order valence-electron chi connectivity index (χ1n) is 9.32. The predicted molar refractivity (Wildman–Crippen MR) is 97.8 cm³/mol. The molecule has 2 N–H and O–H groups in total. The van der Waals surface area contributed by atoms with Crippen LogP contribution in [-0.4, -0.2) is 40.3 Å². The van der Waals surface area contributed by atoms with Crippen molar-refractivity contribution in [2.45, 2.75) is 31.2 Å². The fraction of sp³-hybridized carbons (Fsp3) is 0.412. The first kappa shape index (κ1) is 20.3. The summed E-state index contributed by atoms with van der Waals surface area (Å²) in [7, 11) is -3.00. The molecular weight excluding hydrogens is 445 g/mol. The third-order valence-electron chi connectivity index (χ3n) is 4.51. The molecule has 4 rings (SSSR count). The van der Waals surface area contributed by atoms with Crippen molar-refractivity contribution < 1.29 is 42.9 Å². The van der Waals surface area contributed by atoms with Crippen molar-refractivity contribution in [1.29, 1.82) is 0 Å². The molecule has 0 saturated carbocycles. The van der Waals surface area contributed by atoms with Gasteiger partial charge in [-0.25, -0.2) is 13.8 Å². The van der Waals surface area contributed by atoms with E-state index in [0.29, 0.717) is 11.8 Å². The molecule has 1 aromatic carbocycles. The summed E-state index contributed by atoms with van der Waals surface area (Å²) in [6, 6.07) is 4.82. The molecule has 31 heavy (non-hydrogen) atoms. The maximum absolute atomic E-state index is 15.3. The topological polar surface area (TPSA) is 138 Å². The summed E-state index contributed by atoms with van der Waals surface area (Å²) in [5.74, 6) is -4.09. The fourth-order valence-corrected chi connectivity index (χ4v) is 4.31. The van der Waals surface area contributed by atoms with E-state index in [0.717, 1.165) is 0 Å². The minimum atomic E-state index is -4.36. The summed E-state index contributed by atoms with van der Waals surface area (Å²) in [4.78, 5) is 24.7. The largest absolute Gasteiger partial charge is 0.530 e. The number of benzene rings is 1. The van der Waals surface area contributed by atoms with Crippen molar-refractivity contribution in [2.75, 3.05) is 13.7 Å². The van der Waals surface area contributed by atoms with Crippen molar-refractivity contribution >= 4 is 7.82 Å². The number of nitrogens with zero attached hydrogens (tertiary/aromatic N) is 1. The number of hydrogen-bond donors (Lipinski definition) is 2. The Bertz CT molecular complexity index is 1210. The van der Waals surface area contributed by atoms with Gasteiger partial charge in [-0.3, -0.25) is 23.4 Å². The molecule has 1 aromatic heterocycles. The molecule has 11 nitrogen and oxygen atoms in total. The zero-order valence-electron chi connectivity index (χ0n) is 16.9. The Labute approximate surface area is 174 Å². The number of halogens is 2. The van der Waals surface area contributed by atoms with E-state index in [4.69, 9.17) is 24.4 Å². The number of aromatic nitrogens is 2. The van der Waals surface area contributed by atoms with Crippen molar-refractivity contribution in [1.82, 2.24) is 9.55 Å². The van der Waals surface area contributed by atoms with Crippen LogP contribution in [0.5, 0.6) is 11.5 Å². The molecule has 4 atom stereocenters. The number of phosphoric ester groups is 1. The Balaban J connectivity index is 1.53. The van der Waals surface area contributed by atoms with Crippen LogP contribution in [0.4, 0.5) is 8.78 Å². The Hall–Kier alpha value is -2.57. The summed E-state index contributed by atoms with van der Waals surface area (Å²) in [5.41, 5.74) is -2.17. The van der Waals surface area contributed by atoms with Gasteiger partial charge < -0.3 is 19.1 Å². The fourth-order valence-electron chi connectivity index (χ4n) is 3.05. The number of alkyl halides is 1. The van der Waals surface area contributed by atoms with Crippen LogP contribution in [0.3, 0.4) is 0 Å². The Morgan fingerprint density at radius 1 is 1.48 bits per heavy atom. The van der Waals surface area contributed by atoms with Gasteiger partial charge in [-0.2, -0.15) is 4.39 Å². The van der Waals surface area contributed by atoms with Crippen molar-refractivity contribution in [2.24, 2.45) is 0 Å². The Morgan fingerprint density at radius 2 is 2.26 bits per heavy atom. The molecule has 14 heteroatoms. The molecule has 0 bridgehead atoms. The number of phosphoric acid groups is 1. The van der Waals surface area contributed by atoms with Gasteiger partial charge in [0.2, 0.25) is 11.7 Å². The smallest absolute Gasteiger partial charge is 0.493 e. The molecule has 0 aliphatic carbocycles. The van der Waals surface area contributed by atoms with Gasteiger partial charge in [0.15, 0.2) is 17.7 Å². The van der Waals surface area contributed by atoms with E-state index in [1.807, 2.05) is 0 Å². The monoisotopic (exact) mass is 463 g/mol. The molecule has 1 fully saturated rings. The van der Waals surface area contributed by atoms with E-state index in [1.165, 1.54) is 13.2 Å².